The van der Waals surface area contributed by atoms with E-state index in [1.165, 1.54) is 0 Å². The Labute approximate surface area is 184 Å². The molecule has 1 atom stereocenters. The number of carbonyl (C=O) groups excluding carboxylic acids is 1. The molecule has 0 heterocycles. The van der Waals surface area contributed by atoms with Gasteiger partial charge in [0, 0.05) is 0 Å². The second kappa shape index (κ2) is 12.5. The summed E-state index contributed by atoms with van der Waals surface area (Å²) in [7, 11) is -4.77. The Balaban J connectivity index is 0. The Bertz CT molecular complexity index is 737. The summed E-state index contributed by atoms with van der Waals surface area (Å²) in [5.74, 6) is -2.25. The average molecular weight is 410 g/mol. The van der Waals surface area contributed by atoms with Gasteiger partial charge in [-0.2, -0.15) is 8.42 Å². The van der Waals surface area contributed by atoms with Crippen molar-refractivity contribution in [2.24, 2.45) is 0 Å². The Morgan fingerprint density at radius 3 is 2.22 bits per heavy atom. The van der Waals surface area contributed by atoms with Crippen LogP contribution in [-0.2, 0) is 14.9 Å². The van der Waals surface area contributed by atoms with Crippen LogP contribution in [0.4, 0.5) is 0 Å². The van der Waals surface area contributed by atoms with Crippen molar-refractivity contribution < 1.29 is 63.4 Å². The summed E-state index contributed by atoms with van der Waals surface area (Å²) >= 11 is 0. The van der Waals surface area contributed by atoms with E-state index in [1.54, 1.807) is 0 Å². The van der Waals surface area contributed by atoms with E-state index in [2.05, 4.69) is 6.92 Å². The van der Waals surface area contributed by atoms with Gasteiger partial charge in [0.05, 0.1) is 11.1 Å². The first-order chi connectivity index (χ1) is 12.2. The van der Waals surface area contributed by atoms with Gasteiger partial charge in [0.2, 0.25) is 0 Å². The molecule has 0 radical (unpaired) electrons. The molecule has 0 aliphatic heterocycles. The molecule has 1 unspecified atom stereocenters. The summed E-state index contributed by atoms with van der Waals surface area (Å²) in [6.07, 6.45) is 5.72. The predicted molar refractivity (Wildman–Crippen MR) is 97.2 cm³/mol. The molecule has 2 N–H and O–H groups in total. The molecule has 1 aromatic carbocycles. The smallest absolute Gasteiger partial charge is 1.00 e. The van der Waals surface area contributed by atoms with Gasteiger partial charge in [-0.3, -0.25) is 4.55 Å². The zero-order chi connectivity index (χ0) is 19.7. The molecule has 9 heteroatoms. The molecule has 1 rings (SSSR count). The number of hydrogen-bond acceptors (Lipinski definition) is 5. The summed E-state index contributed by atoms with van der Waals surface area (Å²) in [6.45, 7) is 4.08. The number of rotatable bonds is 11. The van der Waals surface area contributed by atoms with Crippen molar-refractivity contribution >= 4 is 22.1 Å². The Morgan fingerprint density at radius 2 is 1.70 bits per heavy atom. The van der Waals surface area contributed by atoms with Crippen LogP contribution >= 0.6 is 0 Å². The van der Waals surface area contributed by atoms with Crippen LogP contribution in [0.5, 0.6) is 0 Å². The van der Waals surface area contributed by atoms with Crippen LogP contribution in [0, 0.1) is 0 Å². The van der Waals surface area contributed by atoms with Crippen molar-refractivity contribution in [3.8, 4) is 0 Å². The van der Waals surface area contributed by atoms with E-state index in [0.717, 1.165) is 50.3 Å². The number of carboxylic acid groups (broad SMARTS) is 1. The number of hydrogen-bond donors (Lipinski definition) is 2. The molecule has 0 spiro atoms. The molecule has 148 valence electrons. The topological polar surface area (TPSA) is 118 Å². The van der Waals surface area contributed by atoms with Crippen LogP contribution < -0.4 is 29.6 Å². The maximum Gasteiger partial charge on any atom is 1.00 e. The van der Waals surface area contributed by atoms with Crippen LogP contribution in [0.2, 0.25) is 0 Å². The SMILES string of the molecule is CCCCCC(CCCC)OC(=O)c1ccc(C(=O)O)cc1S(=O)(=O)O.[H-].[Na+]. The molecule has 0 amide bonds. The number of unbranched alkanes of at least 4 members (excludes halogenated alkanes) is 3. The van der Waals surface area contributed by atoms with Crippen LogP contribution in [0.25, 0.3) is 0 Å². The summed E-state index contributed by atoms with van der Waals surface area (Å²) in [5, 5.41) is 8.97. The second-order valence-electron chi connectivity index (χ2n) is 6.16. The average Bonchev–Trinajstić information content (AvgIpc) is 2.58. The Hall–Kier alpha value is -0.930. The minimum Gasteiger partial charge on any atom is -1.00 e. The van der Waals surface area contributed by atoms with Crippen molar-refractivity contribution in [1.29, 1.82) is 0 Å². The number of ether oxygens (including phenoxy) is 1. The van der Waals surface area contributed by atoms with E-state index in [9.17, 15) is 22.6 Å². The van der Waals surface area contributed by atoms with Gasteiger partial charge in [0.25, 0.3) is 10.1 Å². The van der Waals surface area contributed by atoms with E-state index in [4.69, 9.17) is 9.84 Å². The van der Waals surface area contributed by atoms with E-state index in [-0.39, 0.29) is 48.2 Å². The summed E-state index contributed by atoms with van der Waals surface area (Å²) in [4.78, 5) is 22.7. The zero-order valence-electron chi connectivity index (χ0n) is 17.1. The fourth-order valence-corrected chi connectivity index (χ4v) is 3.27. The monoisotopic (exact) mass is 410 g/mol. The van der Waals surface area contributed by atoms with Gasteiger partial charge >= 0.3 is 41.5 Å². The first-order valence-corrected chi connectivity index (χ1v) is 10.2. The molecular formula is C18H27NaO7S. The van der Waals surface area contributed by atoms with Gasteiger partial charge in [-0.1, -0.05) is 39.5 Å². The summed E-state index contributed by atoms with van der Waals surface area (Å²) < 4.78 is 37.9. The normalized spacial score (nSPS) is 12.1. The van der Waals surface area contributed by atoms with Crippen LogP contribution in [0.1, 0.15) is 80.9 Å². The van der Waals surface area contributed by atoms with Crippen molar-refractivity contribution in [3.05, 3.63) is 29.3 Å². The molecule has 27 heavy (non-hydrogen) atoms. The van der Waals surface area contributed by atoms with Gasteiger partial charge in [0.15, 0.2) is 0 Å². The van der Waals surface area contributed by atoms with Crippen molar-refractivity contribution in [2.45, 2.75) is 69.8 Å². The molecule has 0 aromatic heterocycles. The minimum absolute atomic E-state index is 0. The van der Waals surface area contributed by atoms with Gasteiger partial charge in [-0.25, -0.2) is 9.59 Å². The van der Waals surface area contributed by atoms with Gasteiger partial charge < -0.3 is 11.3 Å². The first kappa shape index (κ1) is 26.1. The van der Waals surface area contributed by atoms with Gasteiger partial charge in [-0.15, -0.1) is 0 Å². The number of esters is 1. The third kappa shape index (κ3) is 8.74. The molecule has 0 aliphatic rings. The summed E-state index contributed by atoms with van der Waals surface area (Å²) in [6, 6.07) is 2.91. The molecule has 7 nitrogen and oxygen atoms in total. The van der Waals surface area contributed by atoms with Crippen molar-refractivity contribution in [1.82, 2.24) is 0 Å². The molecule has 0 saturated carbocycles. The fraction of sp³-hybridized carbons (Fsp3) is 0.556. The van der Waals surface area contributed by atoms with Gasteiger partial charge in [0.1, 0.15) is 11.0 Å². The van der Waals surface area contributed by atoms with Crippen molar-refractivity contribution in [2.75, 3.05) is 0 Å². The third-order valence-corrected chi connectivity index (χ3v) is 4.90. The molecular weight excluding hydrogens is 383 g/mol. The number of carbonyl (C=O) groups is 2. The summed E-state index contributed by atoms with van der Waals surface area (Å²) in [5.41, 5.74) is -0.714. The van der Waals surface area contributed by atoms with E-state index < -0.39 is 27.0 Å². The molecule has 0 saturated heterocycles. The van der Waals surface area contributed by atoms with E-state index in [0.29, 0.717) is 12.8 Å². The van der Waals surface area contributed by atoms with E-state index >= 15 is 0 Å². The fourth-order valence-electron chi connectivity index (χ4n) is 2.57. The van der Waals surface area contributed by atoms with Crippen LogP contribution in [-0.4, -0.2) is 36.1 Å². The standard InChI is InChI=1S/C18H26O7S.Na.H/c1-3-5-7-9-14(8-6-4-2)25-18(21)15-11-10-13(17(19)20)12-16(15)26(22,23)24;;/h10-12,14H,3-9H2,1-2H3,(H,19,20)(H,22,23,24);;/q;+1;-1. The predicted octanol–water partition coefficient (Wildman–Crippen LogP) is 1.04. The Morgan fingerprint density at radius 1 is 1.11 bits per heavy atom. The molecule has 0 aliphatic carbocycles. The van der Waals surface area contributed by atoms with Gasteiger partial charge in [-0.05, 0) is 37.5 Å². The molecule has 0 bridgehead atoms. The third-order valence-electron chi connectivity index (χ3n) is 4.01. The molecule has 0 fully saturated rings. The van der Waals surface area contributed by atoms with E-state index in [1.807, 2.05) is 6.92 Å². The maximum atomic E-state index is 12.5. The van der Waals surface area contributed by atoms with Crippen LogP contribution in [0.15, 0.2) is 23.1 Å². The largest absolute Gasteiger partial charge is 1.00 e. The first-order valence-electron chi connectivity index (χ1n) is 8.76. The molecule has 1 aromatic rings. The quantitative estimate of drug-likeness (QED) is 0.242. The zero-order valence-corrected chi connectivity index (χ0v) is 18.9. The Kier molecular flexibility index (Phi) is 12.1. The van der Waals surface area contributed by atoms with Crippen molar-refractivity contribution in [3.63, 3.8) is 0 Å². The minimum atomic E-state index is -4.77. The number of carboxylic acids is 1. The number of aromatic carboxylic acids is 1. The number of benzene rings is 1. The second-order valence-corrected chi connectivity index (χ2v) is 7.55. The maximum absolute atomic E-state index is 12.5. The van der Waals surface area contributed by atoms with Crippen LogP contribution in [0.3, 0.4) is 0 Å².